The number of hydrogen-bond donors (Lipinski definition) is 2. The first-order valence-electron chi connectivity index (χ1n) is 9.97. The van der Waals surface area contributed by atoms with Crippen molar-refractivity contribution in [1.82, 2.24) is 40.0 Å². The van der Waals surface area contributed by atoms with E-state index in [1.165, 1.54) is 6.33 Å². The number of aliphatic hydroxyl groups is 1. The Kier molecular flexibility index (Phi) is 5.67. The van der Waals surface area contributed by atoms with Gasteiger partial charge in [0.2, 0.25) is 5.91 Å². The highest BCUT2D eigenvalue weighted by atomic mass is 16.3. The molecule has 2 N–H and O–H groups in total. The first-order valence-corrected chi connectivity index (χ1v) is 9.97. The Morgan fingerprint density at radius 2 is 2.11 bits per heavy atom. The average molecular weight is 388 g/mol. The number of carbonyl (C=O) groups excluding carboxylic acids is 1. The molecule has 2 aliphatic rings. The molecule has 0 radical (unpaired) electrons. The summed E-state index contributed by atoms with van der Waals surface area (Å²) in [4.78, 5) is 24.2. The van der Waals surface area contributed by atoms with Gasteiger partial charge in [-0.15, -0.1) is 5.10 Å². The predicted molar refractivity (Wildman–Crippen MR) is 99.7 cm³/mol. The zero-order valence-corrected chi connectivity index (χ0v) is 16.1. The number of aromatic nitrogens is 6. The van der Waals surface area contributed by atoms with E-state index in [9.17, 15) is 9.90 Å². The number of H-pyrrole nitrogens is 1. The fourth-order valence-electron chi connectivity index (χ4n) is 4.67. The molecule has 28 heavy (non-hydrogen) atoms. The van der Waals surface area contributed by atoms with Gasteiger partial charge in [0.15, 0.2) is 0 Å². The van der Waals surface area contributed by atoms with Gasteiger partial charge in [0.05, 0.1) is 12.9 Å². The number of amides is 1. The maximum absolute atomic E-state index is 12.6. The fourth-order valence-corrected chi connectivity index (χ4v) is 4.67. The van der Waals surface area contributed by atoms with Gasteiger partial charge < -0.3 is 15.0 Å². The number of aryl methyl sites for hydroxylation is 1. The van der Waals surface area contributed by atoms with Crippen molar-refractivity contribution in [3.63, 3.8) is 0 Å². The number of likely N-dealkylation sites (tertiary alicyclic amines) is 2. The Labute approximate surface area is 163 Å². The quantitative estimate of drug-likeness (QED) is 0.710. The molecule has 2 aromatic rings. The summed E-state index contributed by atoms with van der Waals surface area (Å²) in [5, 5.41) is 21.0. The third-order valence-corrected chi connectivity index (χ3v) is 6.51. The van der Waals surface area contributed by atoms with Crippen LogP contribution in [-0.4, -0.2) is 83.8 Å². The normalized spacial score (nSPS) is 22.6. The summed E-state index contributed by atoms with van der Waals surface area (Å²) in [5.41, 5.74) is 1.28. The van der Waals surface area contributed by atoms with Crippen LogP contribution >= 0.6 is 0 Å². The third kappa shape index (κ3) is 4.07. The van der Waals surface area contributed by atoms with Crippen molar-refractivity contribution in [2.45, 2.75) is 38.8 Å². The van der Waals surface area contributed by atoms with Crippen molar-refractivity contribution in [1.29, 1.82) is 0 Å². The highest BCUT2D eigenvalue weighted by molar-refractivity contribution is 5.76. The van der Waals surface area contributed by atoms with Gasteiger partial charge in [-0.2, -0.15) is 0 Å². The molecule has 0 aliphatic carbocycles. The first-order chi connectivity index (χ1) is 13.7. The van der Waals surface area contributed by atoms with Crippen molar-refractivity contribution >= 4 is 5.91 Å². The van der Waals surface area contributed by atoms with Crippen molar-refractivity contribution in [2.75, 3.05) is 32.8 Å². The summed E-state index contributed by atoms with van der Waals surface area (Å²) in [6, 6.07) is 0. The second kappa shape index (κ2) is 8.36. The second-order valence-electron chi connectivity index (χ2n) is 8.01. The highest BCUT2D eigenvalue weighted by Crippen LogP contribution is 2.45. The van der Waals surface area contributed by atoms with Crippen LogP contribution in [0.2, 0.25) is 0 Å². The Bertz CT molecular complexity index is 740. The zero-order valence-electron chi connectivity index (χ0n) is 16.1. The molecule has 152 valence electrons. The van der Waals surface area contributed by atoms with Crippen LogP contribution in [0.15, 0.2) is 18.9 Å². The molecule has 4 heterocycles. The monoisotopic (exact) mass is 388 g/mol. The van der Waals surface area contributed by atoms with Gasteiger partial charge in [-0.05, 0) is 48.2 Å². The number of hydrogen-bond acceptors (Lipinski definition) is 7. The Morgan fingerprint density at radius 1 is 1.29 bits per heavy atom. The molecule has 4 rings (SSSR count). The van der Waals surface area contributed by atoms with E-state index < -0.39 is 0 Å². The average Bonchev–Trinajstić information content (AvgIpc) is 3.42. The molecule has 0 saturated carbocycles. The summed E-state index contributed by atoms with van der Waals surface area (Å²) >= 11 is 0. The first kappa shape index (κ1) is 19.0. The predicted octanol–water partition coefficient (Wildman–Crippen LogP) is -0.0905. The van der Waals surface area contributed by atoms with Crippen LogP contribution in [0.25, 0.3) is 0 Å². The third-order valence-electron chi connectivity index (χ3n) is 6.51. The number of imidazole rings is 1. The zero-order chi connectivity index (χ0) is 19.4. The van der Waals surface area contributed by atoms with Gasteiger partial charge in [0, 0.05) is 50.5 Å². The minimum Gasteiger partial charge on any atom is -0.396 e. The van der Waals surface area contributed by atoms with Crippen LogP contribution < -0.4 is 0 Å². The molecule has 1 atom stereocenters. The number of piperidine rings is 2. The Hall–Kier alpha value is -2.33. The van der Waals surface area contributed by atoms with Gasteiger partial charge in [-0.25, -0.2) is 9.67 Å². The van der Waals surface area contributed by atoms with Gasteiger partial charge in [0.1, 0.15) is 6.33 Å². The van der Waals surface area contributed by atoms with Crippen LogP contribution in [0.5, 0.6) is 0 Å². The van der Waals surface area contributed by atoms with Crippen molar-refractivity contribution < 1.29 is 9.90 Å². The summed E-state index contributed by atoms with van der Waals surface area (Å²) in [6.45, 7) is 4.96. The highest BCUT2D eigenvalue weighted by Gasteiger charge is 2.45. The Balaban J connectivity index is 1.30. The van der Waals surface area contributed by atoms with E-state index in [1.807, 2.05) is 11.1 Å². The van der Waals surface area contributed by atoms with Gasteiger partial charge >= 0.3 is 0 Å². The SMILES string of the molecule is O=C(CCn1cnnn1)N1CCC2(CCN(Cc3cnc[nH]3)CC2)C(CO)C1. The lowest BCUT2D eigenvalue weighted by molar-refractivity contribution is -0.138. The lowest BCUT2D eigenvalue weighted by atomic mass is 9.64. The van der Waals surface area contributed by atoms with Crippen molar-refractivity contribution in [3.8, 4) is 0 Å². The number of nitrogens with zero attached hydrogens (tertiary/aromatic N) is 7. The van der Waals surface area contributed by atoms with E-state index >= 15 is 0 Å². The van der Waals surface area contributed by atoms with E-state index in [0.717, 1.165) is 51.1 Å². The van der Waals surface area contributed by atoms with E-state index in [-0.39, 0.29) is 23.8 Å². The molecular formula is C18H28N8O2. The van der Waals surface area contributed by atoms with E-state index in [0.29, 0.717) is 19.5 Å². The van der Waals surface area contributed by atoms with Crippen molar-refractivity contribution in [2.24, 2.45) is 11.3 Å². The van der Waals surface area contributed by atoms with E-state index in [1.54, 1.807) is 11.0 Å². The van der Waals surface area contributed by atoms with Gasteiger partial charge in [-0.1, -0.05) is 0 Å². The maximum atomic E-state index is 12.6. The lowest BCUT2D eigenvalue weighted by Crippen LogP contribution is -2.54. The fraction of sp³-hybridized carbons (Fsp3) is 0.722. The van der Waals surface area contributed by atoms with E-state index in [4.69, 9.17) is 0 Å². The second-order valence-corrected chi connectivity index (χ2v) is 8.01. The molecule has 1 spiro atoms. The molecule has 10 nitrogen and oxygen atoms in total. The van der Waals surface area contributed by atoms with Crippen LogP contribution in [0.3, 0.4) is 0 Å². The number of aliphatic hydroxyl groups excluding tert-OH is 1. The number of aromatic amines is 1. The summed E-state index contributed by atoms with van der Waals surface area (Å²) in [5.74, 6) is 0.257. The Morgan fingerprint density at radius 3 is 2.79 bits per heavy atom. The molecular weight excluding hydrogens is 360 g/mol. The molecule has 2 saturated heterocycles. The molecule has 0 bridgehead atoms. The molecule has 1 amide bonds. The van der Waals surface area contributed by atoms with Crippen LogP contribution in [0.1, 0.15) is 31.4 Å². The number of rotatable bonds is 6. The maximum Gasteiger partial charge on any atom is 0.224 e. The minimum absolute atomic E-state index is 0.112. The van der Waals surface area contributed by atoms with Crippen LogP contribution in [0.4, 0.5) is 0 Å². The molecule has 2 aliphatic heterocycles. The topological polar surface area (TPSA) is 116 Å². The minimum atomic E-state index is 0.112. The molecule has 2 aromatic heterocycles. The van der Waals surface area contributed by atoms with E-state index in [2.05, 4.69) is 30.4 Å². The van der Waals surface area contributed by atoms with Gasteiger partial charge in [0.25, 0.3) is 0 Å². The molecule has 10 heteroatoms. The standard InChI is InChI=1S/C18H28N8O2/c27-12-15-10-25(17(28)1-5-26-14-21-22-23-26)8-4-18(15)2-6-24(7-3-18)11-16-9-19-13-20-16/h9,13-15,27H,1-8,10-12H2,(H,19,20). The molecule has 0 aromatic carbocycles. The summed E-state index contributed by atoms with van der Waals surface area (Å²) in [6.07, 6.45) is 8.60. The van der Waals surface area contributed by atoms with Gasteiger partial charge in [-0.3, -0.25) is 9.69 Å². The summed E-state index contributed by atoms with van der Waals surface area (Å²) < 4.78 is 1.57. The van der Waals surface area contributed by atoms with Crippen molar-refractivity contribution in [3.05, 3.63) is 24.5 Å². The molecule has 2 fully saturated rings. The number of tetrazole rings is 1. The number of nitrogens with one attached hydrogen (secondary N) is 1. The number of carbonyl (C=O) groups is 1. The summed E-state index contributed by atoms with van der Waals surface area (Å²) in [7, 11) is 0. The van der Waals surface area contributed by atoms with Crippen LogP contribution in [0, 0.1) is 11.3 Å². The molecule has 1 unspecified atom stereocenters. The van der Waals surface area contributed by atoms with Crippen LogP contribution in [-0.2, 0) is 17.9 Å². The smallest absolute Gasteiger partial charge is 0.224 e. The lowest BCUT2D eigenvalue weighted by Gasteiger charge is -2.51. The largest absolute Gasteiger partial charge is 0.396 e.